The van der Waals surface area contributed by atoms with Crippen LogP contribution in [0.1, 0.15) is 32.7 Å². The molecule has 0 aliphatic heterocycles. The summed E-state index contributed by atoms with van der Waals surface area (Å²) in [7, 11) is 0. The SMILES string of the molecule is Cc1ccc(-n2nc(C)c(=O)c(-c3ccccc3Cl)c2NC(=O)c2ccccc2C)cc1C. The fourth-order valence-electron chi connectivity index (χ4n) is 3.72. The topological polar surface area (TPSA) is 64.0 Å². The Morgan fingerprint density at radius 2 is 1.58 bits per heavy atom. The Balaban J connectivity index is 2.02. The van der Waals surface area contributed by atoms with E-state index in [2.05, 4.69) is 10.4 Å². The number of carbonyl (C=O) groups excluding carboxylic acids is 1. The van der Waals surface area contributed by atoms with Gasteiger partial charge in [0.15, 0.2) is 0 Å². The number of hydrogen-bond donors (Lipinski definition) is 1. The summed E-state index contributed by atoms with van der Waals surface area (Å²) < 4.78 is 1.61. The average Bonchev–Trinajstić information content (AvgIpc) is 2.79. The molecule has 3 aromatic carbocycles. The van der Waals surface area contributed by atoms with Crippen molar-refractivity contribution in [2.75, 3.05) is 5.32 Å². The lowest BCUT2D eigenvalue weighted by molar-refractivity contribution is 0.102. The van der Waals surface area contributed by atoms with Crippen LogP contribution in [0.2, 0.25) is 5.02 Å². The van der Waals surface area contributed by atoms with Crippen LogP contribution in [0.15, 0.2) is 71.5 Å². The van der Waals surface area contributed by atoms with E-state index in [1.165, 1.54) is 0 Å². The largest absolute Gasteiger partial charge is 0.306 e. The molecule has 166 valence electrons. The molecule has 1 heterocycles. The molecule has 0 saturated heterocycles. The number of aromatic nitrogens is 2. The molecular weight excluding hydrogens is 434 g/mol. The van der Waals surface area contributed by atoms with E-state index < -0.39 is 0 Å². The van der Waals surface area contributed by atoms with Gasteiger partial charge in [-0.3, -0.25) is 9.59 Å². The van der Waals surface area contributed by atoms with Crippen molar-refractivity contribution in [3.63, 3.8) is 0 Å². The standard InChI is InChI=1S/C27H24ClN3O2/c1-16-13-14-20(15-18(16)3)31-26(29-27(33)21-10-6-5-9-17(21)2)24(25(32)19(4)30-31)22-11-7-8-12-23(22)28/h5-15H,1-4H3,(H,29,33). The van der Waals surface area contributed by atoms with Gasteiger partial charge in [-0.25, -0.2) is 4.68 Å². The molecule has 0 aliphatic carbocycles. The summed E-state index contributed by atoms with van der Waals surface area (Å²) in [6.45, 7) is 7.56. The van der Waals surface area contributed by atoms with Gasteiger partial charge in [0.1, 0.15) is 11.5 Å². The van der Waals surface area contributed by atoms with Crippen molar-refractivity contribution >= 4 is 23.3 Å². The van der Waals surface area contributed by atoms with E-state index in [0.717, 1.165) is 22.4 Å². The molecule has 0 fully saturated rings. The summed E-state index contributed by atoms with van der Waals surface area (Å²) in [5.41, 5.74) is 5.13. The number of anilines is 1. The van der Waals surface area contributed by atoms with Gasteiger partial charge in [-0.05, 0) is 68.7 Å². The number of halogens is 1. The number of hydrogen-bond acceptors (Lipinski definition) is 3. The number of aryl methyl sites for hydroxylation is 4. The smallest absolute Gasteiger partial charge is 0.257 e. The molecule has 0 unspecified atom stereocenters. The van der Waals surface area contributed by atoms with E-state index in [-0.39, 0.29) is 17.2 Å². The van der Waals surface area contributed by atoms with Crippen molar-refractivity contribution in [1.82, 2.24) is 9.78 Å². The molecule has 0 radical (unpaired) electrons. The molecule has 5 nitrogen and oxygen atoms in total. The van der Waals surface area contributed by atoms with Crippen molar-refractivity contribution in [1.29, 1.82) is 0 Å². The Labute approximate surface area is 197 Å². The van der Waals surface area contributed by atoms with Gasteiger partial charge in [-0.1, -0.05) is 54.1 Å². The molecule has 0 bridgehead atoms. The zero-order valence-electron chi connectivity index (χ0n) is 18.9. The summed E-state index contributed by atoms with van der Waals surface area (Å²) in [4.78, 5) is 26.7. The van der Waals surface area contributed by atoms with Gasteiger partial charge in [0, 0.05) is 16.1 Å². The van der Waals surface area contributed by atoms with E-state index in [4.69, 9.17) is 11.6 Å². The van der Waals surface area contributed by atoms with E-state index in [0.29, 0.717) is 27.4 Å². The second-order valence-corrected chi connectivity index (χ2v) is 8.47. The van der Waals surface area contributed by atoms with Crippen LogP contribution in [0.25, 0.3) is 16.8 Å². The molecule has 1 aromatic heterocycles. The van der Waals surface area contributed by atoms with Crippen molar-refractivity contribution in [3.8, 4) is 16.8 Å². The van der Waals surface area contributed by atoms with Gasteiger partial charge in [0.2, 0.25) is 5.43 Å². The number of carbonyl (C=O) groups is 1. The van der Waals surface area contributed by atoms with E-state index in [9.17, 15) is 9.59 Å². The second-order valence-electron chi connectivity index (χ2n) is 8.07. The third-order valence-corrected chi connectivity index (χ3v) is 6.08. The highest BCUT2D eigenvalue weighted by Crippen LogP contribution is 2.32. The average molecular weight is 458 g/mol. The molecule has 0 spiro atoms. The van der Waals surface area contributed by atoms with Gasteiger partial charge >= 0.3 is 0 Å². The van der Waals surface area contributed by atoms with Gasteiger partial charge in [0.25, 0.3) is 5.91 Å². The van der Waals surface area contributed by atoms with Crippen molar-refractivity contribution in [2.45, 2.75) is 27.7 Å². The molecule has 0 saturated carbocycles. The van der Waals surface area contributed by atoms with Crippen LogP contribution in [0, 0.1) is 27.7 Å². The number of nitrogens with one attached hydrogen (secondary N) is 1. The van der Waals surface area contributed by atoms with Crippen molar-refractivity contribution in [3.05, 3.63) is 110 Å². The molecule has 4 aromatic rings. The normalized spacial score (nSPS) is 10.8. The monoisotopic (exact) mass is 457 g/mol. The molecule has 4 rings (SSSR count). The lowest BCUT2D eigenvalue weighted by atomic mass is 10.0. The molecule has 1 N–H and O–H groups in total. The molecular formula is C27H24ClN3O2. The Hall–Kier alpha value is -3.70. The van der Waals surface area contributed by atoms with E-state index >= 15 is 0 Å². The zero-order chi connectivity index (χ0) is 23.7. The van der Waals surface area contributed by atoms with Crippen LogP contribution in [-0.4, -0.2) is 15.7 Å². The zero-order valence-corrected chi connectivity index (χ0v) is 19.7. The third-order valence-electron chi connectivity index (χ3n) is 5.75. The maximum atomic E-state index is 13.3. The molecule has 0 atom stereocenters. The molecule has 6 heteroatoms. The Kier molecular flexibility index (Phi) is 6.16. The summed E-state index contributed by atoms with van der Waals surface area (Å²) in [5.74, 6) is -0.0563. The summed E-state index contributed by atoms with van der Waals surface area (Å²) >= 11 is 6.50. The first kappa shape index (κ1) is 22.5. The first-order valence-electron chi connectivity index (χ1n) is 10.6. The highest BCUT2D eigenvalue weighted by atomic mass is 35.5. The minimum absolute atomic E-state index is 0.273. The van der Waals surface area contributed by atoms with E-state index in [1.807, 2.05) is 57.2 Å². The fourth-order valence-corrected chi connectivity index (χ4v) is 3.95. The molecule has 0 aliphatic rings. The first-order chi connectivity index (χ1) is 15.8. The summed E-state index contributed by atoms with van der Waals surface area (Å²) in [6, 6.07) is 20.3. The number of amides is 1. The first-order valence-corrected chi connectivity index (χ1v) is 11.0. The minimum Gasteiger partial charge on any atom is -0.306 e. The Morgan fingerprint density at radius 1 is 0.879 bits per heavy atom. The van der Waals surface area contributed by atoms with Crippen LogP contribution < -0.4 is 10.7 Å². The quantitative estimate of drug-likeness (QED) is 0.406. The maximum Gasteiger partial charge on any atom is 0.257 e. The Morgan fingerprint density at radius 3 is 2.27 bits per heavy atom. The van der Waals surface area contributed by atoms with Gasteiger partial charge < -0.3 is 5.32 Å². The van der Waals surface area contributed by atoms with E-state index in [1.54, 1.807) is 41.9 Å². The van der Waals surface area contributed by atoms with Crippen LogP contribution >= 0.6 is 11.6 Å². The van der Waals surface area contributed by atoms with Crippen molar-refractivity contribution in [2.24, 2.45) is 0 Å². The Bertz CT molecular complexity index is 1440. The summed E-state index contributed by atoms with van der Waals surface area (Å²) in [6.07, 6.45) is 0. The van der Waals surface area contributed by atoms with Gasteiger partial charge in [0.05, 0.1) is 11.3 Å². The molecule has 1 amide bonds. The fraction of sp³-hybridized carbons (Fsp3) is 0.148. The number of nitrogens with zero attached hydrogens (tertiary/aromatic N) is 2. The molecule has 33 heavy (non-hydrogen) atoms. The predicted octanol–water partition coefficient (Wildman–Crippen LogP) is 6.04. The number of rotatable bonds is 4. The van der Waals surface area contributed by atoms with Crippen LogP contribution in [0.3, 0.4) is 0 Å². The van der Waals surface area contributed by atoms with Crippen LogP contribution in [0.4, 0.5) is 5.82 Å². The number of benzene rings is 3. The third kappa shape index (κ3) is 4.32. The lowest BCUT2D eigenvalue weighted by Crippen LogP contribution is -2.25. The van der Waals surface area contributed by atoms with Gasteiger partial charge in [-0.2, -0.15) is 5.10 Å². The lowest BCUT2D eigenvalue weighted by Gasteiger charge is -2.20. The second kappa shape index (κ2) is 9.04. The predicted molar refractivity (Wildman–Crippen MR) is 134 cm³/mol. The minimum atomic E-state index is -0.330. The van der Waals surface area contributed by atoms with Crippen LogP contribution in [-0.2, 0) is 0 Å². The highest BCUT2D eigenvalue weighted by Gasteiger charge is 2.23. The summed E-state index contributed by atoms with van der Waals surface area (Å²) in [5, 5.41) is 7.93. The van der Waals surface area contributed by atoms with Gasteiger partial charge in [-0.15, -0.1) is 0 Å². The highest BCUT2D eigenvalue weighted by molar-refractivity contribution is 6.33. The van der Waals surface area contributed by atoms with Crippen LogP contribution in [0.5, 0.6) is 0 Å². The van der Waals surface area contributed by atoms with Crippen molar-refractivity contribution < 1.29 is 4.79 Å². The maximum absolute atomic E-state index is 13.3.